The number of aromatic nitrogens is 1. The molecule has 0 atom stereocenters. The van der Waals surface area contributed by atoms with Crippen LogP contribution in [0.1, 0.15) is 16.7 Å². The Balaban J connectivity index is 1.75. The number of benzene rings is 2. The summed E-state index contributed by atoms with van der Waals surface area (Å²) in [4.78, 5) is 3.09. The van der Waals surface area contributed by atoms with Crippen molar-refractivity contribution >= 4 is 10.0 Å². The number of pyridine rings is 1. The summed E-state index contributed by atoms with van der Waals surface area (Å²) in [5.74, 6) is -1.43. The van der Waals surface area contributed by atoms with E-state index in [1.54, 1.807) is 18.2 Å². The summed E-state index contributed by atoms with van der Waals surface area (Å²) in [5, 5.41) is 0. The lowest BCUT2D eigenvalue weighted by atomic mass is 10.1. The summed E-state index contributed by atoms with van der Waals surface area (Å²) >= 11 is 0. The van der Waals surface area contributed by atoms with E-state index in [0.29, 0.717) is 11.3 Å². The fourth-order valence-corrected chi connectivity index (χ4v) is 3.65. The van der Waals surface area contributed by atoms with Crippen molar-refractivity contribution in [2.45, 2.75) is 25.3 Å². The van der Waals surface area contributed by atoms with Crippen molar-refractivity contribution in [2.24, 2.45) is 0 Å². The molecule has 0 spiro atoms. The molecule has 146 valence electrons. The summed E-state index contributed by atoms with van der Waals surface area (Å²) in [6.07, 6.45) is 1.46. The summed E-state index contributed by atoms with van der Waals surface area (Å²) < 4.78 is 59.9. The summed E-state index contributed by atoms with van der Waals surface area (Å²) in [5.41, 5.74) is 2.71. The molecule has 0 radical (unpaired) electrons. The Hall–Kier alpha value is -2.84. The Morgan fingerprint density at radius 1 is 1.00 bits per heavy atom. The molecule has 5 nitrogen and oxygen atoms in total. The minimum Gasteiger partial charge on any atom is -0.439 e. The average Bonchev–Trinajstić information content (AvgIpc) is 2.63. The molecule has 0 unspecified atom stereocenters. The predicted octanol–water partition coefficient (Wildman–Crippen LogP) is 4.25. The zero-order valence-electron chi connectivity index (χ0n) is 15.2. The van der Waals surface area contributed by atoms with E-state index in [4.69, 9.17) is 4.74 Å². The monoisotopic (exact) mass is 404 g/mol. The number of ether oxygens (including phenoxy) is 1. The van der Waals surface area contributed by atoms with Gasteiger partial charge in [0.1, 0.15) is 17.4 Å². The molecule has 2 aromatic carbocycles. The molecule has 0 aliphatic carbocycles. The molecule has 0 aliphatic rings. The van der Waals surface area contributed by atoms with Crippen LogP contribution in [-0.4, -0.2) is 13.4 Å². The van der Waals surface area contributed by atoms with Crippen LogP contribution in [0.25, 0.3) is 0 Å². The first kappa shape index (κ1) is 19.9. The van der Waals surface area contributed by atoms with E-state index >= 15 is 0 Å². The largest absolute Gasteiger partial charge is 0.439 e. The van der Waals surface area contributed by atoms with Gasteiger partial charge in [0.15, 0.2) is 4.90 Å². The highest BCUT2D eigenvalue weighted by atomic mass is 32.2. The molecular formula is C20H18F2N2O3S. The van der Waals surface area contributed by atoms with Crippen LogP contribution in [0.15, 0.2) is 59.6 Å². The molecule has 0 saturated heterocycles. The van der Waals surface area contributed by atoms with Gasteiger partial charge in [0, 0.05) is 18.8 Å². The van der Waals surface area contributed by atoms with Crippen molar-refractivity contribution < 1.29 is 21.9 Å². The van der Waals surface area contributed by atoms with Gasteiger partial charge in [-0.3, -0.25) is 0 Å². The lowest BCUT2D eigenvalue weighted by Gasteiger charge is -2.10. The first-order valence-electron chi connectivity index (χ1n) is 8.40. The lowest BCUT2D eigenvalue weighted by molar-refractivity contribution is 0.461. The number of halogens is 2. The first-order valence-corrected chi connectivity index (χ1v) is 9.88. The standard InChI is InChI=1S/C20H18F2N2O3S/c1-13-6-7-16(10-14(13)2)27-19-11-15(8-9-23-19)12-24-28(25,26)20-17(21)4-3-5-18(20)22/h3-11,24H,12H2,1-2H3. The molecule has 1 N–H and O–H groups in total. The molecule has 0 amide bonds. The second-order valence-electron chi connectivity index (χ2n) is 6.23. The molecule has 1 heterocycles. The highest BCUT2D eigenvalue weighted by Crippen LogP contribution is 2.23. The van der Waals surface area contributed by atoms with Gasteiger partial charge < -0.3 is 4.74 Å². The van der Waals surface area contributed by atoms with Crippen molar-refractivity contribution in [1.29, 1.82) is 0 Å². The normalized spacial score (nSPS) is 11.4. The highest BCUT2D eigenvalue weighted by molar-refractivity contribution is 7.89. The topological polar surface area (TPSA) is 68.3 Å². The third kappa shape index (κ3) is 4.52. The maximum atomic E-state index is 13.8. The smallest absolute Gasteiger partial charge is 0.246 e. The van der Waals surface area contributed by atoms with Crippen molar-refractivity contribution in [3.05, 3.63) is 83.1 Å². The van der Waals surface area contributed by atoms with E-state index in [1.165, 1.54) is 6.20 Å². The van der Waals surface area contributed by atoms with Crippen molar-refractivity contribution in [1.82, 2.24) is 9.71 Å². The van der Waals surface area contributed by atoms with Crippen molar-refractivity contribution in [3.8, 4) is 11.6 Å². The van der Waals surface area contributed by atoms with Crippen molar-refractivity contribution in [3.63, 3.8) is 0 Å². The number of hydrogen-bond donors (Lipinski definition) is 1. The SMILES string of the molecule is Cc1ccc(Oc2cc(CNS(=O)(=O)c3c(F)cccc3F)ccn2)cc1C. The maximum absolute atomic E-state index is 13.8. The molecule has 3 aromatic rings. The fraction of sp³-hybridized carbons (Fsp3) is 0.150. The van der Waals surface area contributed by atoms with Crippen molar-refractivity contribution in [2.75, 3.05) is 0 Å². The van der Waals surface area contributed by atoms with E-state index in [1.807, 2.05) is 26.0 Å². The third-order valence-electron chi connectivity index (χ3n) is 4.15. The number of nitrogens with one attached hydrogen (secondary N) is 1. The van der Waals surface area contributed by atoms with Crippen LogP contribution >= 0.6 is 0 Å². The first-order chi connectivity index (χ1) is 13.3. The molecule has 28 heavy (non-hydrogen) atoms. The Labute approximate surface area is 162 Å². The van der Waals surface area contributed by atoms with Crippen LogP contribution in [-0.2, 0) is 16.6 Å². The van der Waals surface area contributed by atoms with Gasteiger partial charge in [0.2, 0.25) is 15.9 Å². The van der Waals surface area contributed by atoms with Crippen LogP contribution in [0.2, 0.25) is 0 Å². The van der Waals surface area contributed by atoms with E-state index in [9.17, 15) is 17.2 Å². The van der Waals surface area contributed by atoms with E-state index < -0.39 is 26.6 Å². The molecule has 0 bridgehead atoms. The summed E-state index contributed by atoms with van der Waals surface area (Å²) in [6.45, 7) is 3.77. The van der Waals surface area contributed by atoms with Crippen LogP contribution in [0.3, 0.4) is 0 Å². The summed E-state index contributed by atoms with van der Waals surface area (Å²) in [7, 11) is -4.36. The zero-order valence-corrected chi connectivity index (χ0v) is 16.1. The van der Waals surface area contributed by atoms with Gasteiger partial charge in [0.05, 0.1) is 0 Å². The summed E-state index contributed by atoms with van der Waals surface area (Å²) in [6, 6.07) is 11.6. The number of aryl methyl sites for hydroxylation is 2. The highest BCUT2D eigenvalue weighted by Gasteiger charge is 2.23. The van der Waals surface area contributed by atoms with Crippen LogP contribution in [0, 0.1) is 25.5 Å². The van der Waals surface area contributed by atoms with Gasteiger partial charge in [-0.2, -0.15) is 0 Å². The van der Waals surface area contributed by atoms with Crippen LogP contribution in [0.5, 0.6) is 11.6 Å². The fourth-order valence-electron chi connectivity index (χ4n) is 2.50. The van der Waals surface area contributed by atoms with E-state index in [0.717, 1.165) is 29.3 Å². The van der Waals surface area contributed by atoms with E-state index in [2.05, 4.69) is 9.71 Å². The van der Waals surface area contributed by atoms with Gasteiger partial charge in [-0.15, -0.1) is 0 Å². The van der Waals surface area contributed by atoms with Gasteiger partial charge >= 0.3 is 0 Å². The van der Waals surface area contributed by atoms with Gasteiger partial charge in [-0.05, 0) is 60.9 Å². The predicted molar refractivity (Wildman–Crippen MR) is 101 cm³/mol. The average molecular weight is 404 g/mol. The second-order valence-corrected chi connectivity index (χ2v) is 7.93. The molecule has 1 aromatic heterocycles. The lowest BCUT2D eigenvalue weighted by Crippen LogP contribution is -2.25. The van der Waals surface area contributed by atoms with Crippen LogP contribution < -0.4 is 9.46 Å². The Bertz CT molecular complexity index is 1100. The molecule has 8 heteroatoms. The Morgan fingerprint density at radius 3 is 2.39 bits per heavy atom. The van der Waals surface area contributed by atoms with Gasteiger partial charge in [-0.25, -0.2) is 26.9 Å². The zero-order chi connectivity index (χ0) is 20.3. The molecular weight excluding hydrogens is 386 g/mol. The van der Waals surface area contributed by atoms with Crippen LogP contribution in [0.4, 0.5) is 8.78 Å². The minimum absolute atomic E-state index is 0.179. The number of sulfonamides is 1. The number of rotatable bonds is 6. The van der Waals surface area contributed by atoms with E-state index in [-0.39, 0.29) is 12.4 Å². The Morgan fingerprint density at radius 2 is 1.71 bits per heavy atom. The number of hydrogen-bond acceptors (Lipinski definition) is 4. The van der Waals surface area contributed by atoms with Gasteiger partial charge in [-0.1, -0.05) is 12.1 Å². The molecule has 0 saturated carbocycles. The number of nitrogens with zero attached hydrogens (tertiary/aromatic N) is 1. The Kier molecular flexibility index (Phi) is 5.71. The maximum Gasteiger partial charge on any atom is 0.246 e. The molecule has 0 fully saturated rings. The molecule has 0 aliphatic heterocycles. The van der Waals surface area contributed by atoms with Gasteiger partial charge in [0.25, 0.3) is 0 Å². The minimum atomic E-state index is -4.36. The third-order valence-corrected chi connectivity index (χ3v) is 5.61. The molecule has 3 rings (SSSR count). The second kappa shape index (κ2) is 8.04. The quantitative estimate of drug-likeness (QED) is 0.667.